The Kier molecular flexibility index (Phi) is 7.25. The van der Waals surface area contributed by atoms with Gasteiger partial charge in [-0.1, -0.05) is 38.8 Å². The maximum absolute atomic E-state index is 13.0. The predicted molar refractivity (Wildman–Crippen MR) is 120 cm³/mol. The summed E-state index contributed by atoms with van der Waals surface area (Å²) < 4.78 is 27.5. The molecule has 168 valence electrons. The number of rotatable bonds is 7. The normalized spacial score (nSPS) is 20.7. The summed E-state index contributed by atoms with van der Waals surface area (Å²) in [6.07, 6.45) is 5.80. The van der Waals surface area contributed by atoms with E-state index in [1.165, 1.54) is 17.1 Å². The summed E-state index contributed by atoms with van der Waals surface area (Å²) in [6.45, 7) is 5.65. The molecule has 0 radical (unpaired) electrons. The van der Waals surface area contributed by atoms with Crippen LogP contribution in [0.5, 0.6) is 0 Å². The second kappa shape index (κ2) is 9.37. The zero-order valence-electron chi connectivity index (χ0n) is 18.9. The Morgan fingerprint density at radius 1 is 1.13 bits per heavy atom. The summed E-state index contributed by atoms with van der Waals surface area (Å²) in [5, 5.41) is 3.17. The van der Waals surface area contributed by atoms with Gasteiger partial charge in [-0.2, -0.15) is 4.31 Å². The number of likely N-dealkylation sites (N-methyl/N-ethyl adjacent to an activating group) is 1. The predicted octanol–water partition coefficient (Wildman–Crippen LogP) is 3.20. The zero-order valence-corrected chi connectivity index (χ0v) is 19.7. The Labute approximate surface area is 182 Å². The fourth-order valence-electron chi connectivity index (χ4n) is 4.74. The van der Waals surface area contributed by atoms with E-state index in [1.54, 1.807) is 12.1 Å². The number of nitrogens with one attached hydrogen (secondary N) is 1. The van der Waals surface area contributed by atoms with E-state index in [0.29, 0.717) is 43.3 Å². The van der Waals surface area contributed by atoms with Crippen molar-refractivity contribution in [1.82, 2.24) is 14.5 Å². The van der Waals surface area contributed by atoms with Crippen LogP contribution >= 0.6 is 0 Å². The van der Waals surface area contributed by atoms with Gasteiger partial charge in [0.25, 0.3) is 0 Å². The monoisotopic (exact) mass is 435 g/mol. The molecule has 0 atom stereocenters. The highest BCUT2D eigenvalue weighted by Crippen LogP contribution is 2.33. The number of amides is 1. The first-order valence-corrected chi connectivity index (χ1v) is 12.6. The van der Waals surface area contributed by atoms with E-state index in [0.717, 1.165) is 18.4 Å². The lowest BCUT2D eigenvalue weighted by Crippen LogP contribution is -2.52. The number of benzene rings is 1. The van der Waals surface area contributed by atoms with Gasteiger partial charge in [0, 0.05) is 31.1 Å². The fourth-order valence-corrected chi connectivity index (χ4v) is 6.21. The Morgan fingerprint density at radius 2 is 1.70 bits per heavy atom. The van der Waals surface area contributed by atoms with Gasteiger partial charge in [-0.15, -0.1) is 0 Å². The lowest BCUT2D eigenvalue weighted by atomic mass is 9.94. The van der Waals surface area contributed by atoms with E-state index >= 15 is 0 Å². The van der Waals surface area contributed by atoms with E-state index < -0.39 is 10.0 Å². The van der Waals surface area contributed by atoms with Gasteiger partial charge in [0.2, 0.25) is 15.9 Å². The number of sulfonamides is 1. The maximum atomic E-state index is 13.0. The topological polar surface area (TPSA) is 69.7 Å². The lowest BCUT2D eigenvalue weighted by Gasteiger charge is -2.37. The van der Waals surface area contributed by atoms with Crippen LogP contribution in [-0.2, 0) is 14.8 Å². The molecule has 2 fully saturated rings. The molecule has 1 aliphatic heterocycles. The summed E-state index contributed by atoms with van der Waals surface area (Å²) in [7, 11) is 0.679. The molecule has 1 aromatic carbocycles. The van der Waals surface area contributed by atoms with E-state index in [1.807, 2.05) is 12.1 Å². The number of nitrogens with zero attached hydrogens (tertiary/aromatic N) is 2. The van der Waals surface area contributed by atoms with Crippen molar-refractivity contribution < 1.29 is 13.2 Å². The molecule has 30 heavy (non-hydrogen) atoms. The largest absolute Gasteiger partial charge is 0.354 e. The lowest BCUT2D eigenvalue weighted by molar-refractivity contribution is -0.126. The van der Waals surface area contributed by atoms with Crippen LogP contribution in [0.4, 0.5) is 0 Å². The Hall–Kier alpha value is -1.44. The summed E-state index contributed by atoms with van der Waals surface area (Å²) in [5.74, 6) is 0.328. The van der Waals surface area contributed by atoms with Gasteiger partial charge < -0.3 is 10.2 Å². The van der Waals surface area contributed by atoms with Crippen molar-refractivity contribution in [2.75, 3.05) is 33.7 Å². The number of hydrogen-bond donors (Lipinski definition) is 1. The van der Waals surface area contributed by atoms with Crippen molar-refractivity contribution in [2.24, 2.45) is 5.92 Å². The third kappa shape index (κ3) is 4.89. The molecular formula is C23H37N3O3S. The molecule has 7 heteroatoms. The van der Waals surface area contributed by atoms with Gasteiger partial charge in [-0.25, -0.2) is 8.42 Å². The van der Waals surface area contributed by atoms with Crippen LogP contribution < -0.4 is 5.32 Å². The molecule has 1 amide bonds. The third-order valence-corrected chi connectivity index (χ3v) is 9.00. The molecule has 1 saturated carbocycles. The van der Waals surface area contributed by atoms with Crippen molar-refractivity contribution in [3.8, 4) is 0 Å². The van der Waals surface area contributed by atoms with Gasteiger partial charge in [0.05, 0.1) is 4.90 Å². The Bertz CT molecular complexity index is 820. The molecule has 0 spiro atoms. The van der Waals surface area contributed by atoms with Crippen LogP contribution in [-0.4, -0.2) is 62.8 Å². The van der Waals surface area contributed by atoms with E-state index in [2.05, 4.69) is 38.2 Å². The molecule has 1 aliphatic carbocycles. The van der Waals surface area contributed by atoms with E-state index in [9.17, 15) is 13.2 Å². The van der Waals surface area contributed by atoms with Crippen LogP contribution in [0.15, 0.2) is 29.2 Å². The summed E-state index contributed by atoms with van der Waals surface area (Å²) in [5.41, 5.74) is 1.20. The minimum absolute atomic E-state index is 0.0708. The highest BCUT2D eigenvalue weighted by atomic mass is 32.2. The van der Waals surface area contributed by atoms with Gasteiger partial charge in [0.1, 0.15) is 0 Å². The first-order chi connectivity index (χ1) is 14.2. The van der Waals surface area contributed by atoms with Crippen LogP contribution in [0.2, 0.25) is 0 Å². The molecular weight excluding hydrogens is 398 g/mol. The summed E-state index contributed by atoms with van der Waals surface area (Å²) in [6, 6.07) is 7.18. The standard InChI is InChI=1S/C23H37N3O3S/c1-18(2)19-7-9-21(10-8-19)30(28,29)26-15-11-20(12-16-26)22(27)24-17-23(25(3)4)13-5-6-14-23/h7-10,18,20H,5-6,11-17H2,1-4H3,(H,24,27). The first kappa shape index (κ1) is 23.2. The van der Waals surface area contributed by atoms with Crippen molar-refractivity contribution in [3.05, 3.63) is 29.8 Å². The number of carbonyl (C=O) groups excluding carboxylic acids is 1. The summed E-state index contributed by atoms with van der Waals surface area (Å²) >= 11 is 0. The molecule has 1 heterocycles. The Morgan fingerprint density at radius 3 is 2.20 bits per heavy atom. The molecule has 1 aromatic rings. The molecule has 1 saturated heterocycles. The SMILES string of the molecule is CC(C)c1ccc(S(=O)(=O)N2CCC(C(=O)NCC3(N(C)C)CCCC3)CC2)cc1. The van der Waals surface area contributed by atoms with Gasteiger partial charge in [-0.05, 0) is 63.4 Å². The quantitative estimate of drug-likeness (QED) is 0.714. The summed E-state index contributed by atoms with van der Waals surface area (Å²) in [4.78, 5) is 15.3. The second-order valence-electron chi connectivity index (χ2n) is 9.45. The number of piperidine rings is 1. The molecule has 2 aliphatic rings. The van der Waals surface area contributed by atoms with Crippen molar-refractivity contribution in [2.45, 2.75) is 68.7 Å². The molecule has 0 unspecified atom stereocenters. The highest BCUT2D eigenvalue weighted by Gasteiger charge is 2.37. The van der Waals surface area contributed by atoms with Crippen molar-refractivity contribution in [1.29, 1.82) is 0 Å². The van der Waals surface area contributed by atoms with E-state index in [4.69, 9.17) is 0 Å². The molecule has 1 N–H and O–H groups in total. The highest BCUT2D eigenvalue weighted by molar-refractivity contribution is 7.89. The van der Waals surface area contributed by atoms with Crippen molar-refractivity contribution >= 4 is 15.9 Å². The fraction of sp³-hybridized carbons (Fsp3) is 0.696. The maximum Gasteiger partial charge on any atom is 0.243 e. The average molecular weight is 436 g/mol. The van der Waals surface area contributed by atoms with Crippen molar-refractivity contribution in [3.63, 3.8) is 0 Å². The van der Waals surface area contributed by atoms with Crippen LogP contribution in [0.1, 0.15) is 63.9 Å². The number of hydrogen-bond acceptors (Lipinski definition) is 4. The molecule has 0 bridgehead atoms. The minimum Gasteiger partial charge on any atom is -0.354 e. The molecule has 3 rings (SSSR count). The Balaban J connectivity index is 1.55. The van der Waals surface area contributed by atoms with E-state index in [-0.39, 0.29) is 17.4 Å². The smallest absolute Gasteiger partial charge is 0.243 e. The van der Waals surface area contributed by atoms with Gasteiger partial charge >= 0.3 is 0 Å². The van der Waals surface area contributed by atoms with Gasteiger partial charge in [-0.3, -0.25) is 4.79 Å². The first-order valence-electron chi connectivity index (χ1n) is 11.2. The minimum atomic E-state index is -3.51. The van der Waals surface area contributed by atoms with Gasteiger partial charge in [0.15, 0.2) is 0 Å². The van der Waals surface area contributed by atoms with Crippen LogP contribution in [0.3, 0.4) is 0 Å². The average Bonchev–Trinajstić information content (AvgIpc) is 3.22. The van der Waals surface area contributed by atoms with Crippen LogP contribution in [0.25, 0.3) is 0 Å². The zero-order chi connectivity index (χ0) is 21.9. The van der Waals surface area contributed by atoms with Crippen LogP contribution in [0, 0.1) is 5.92 Å². The second-order valence-corrected chi connectivity index (χ2v) is 11.4. The molecule has 6 nitrogen and oxygen atoms in total. The number of carbonyl (C=O) groups is 1. The third-order valence-electron chi connectivity index (χ3n) is 7.08. The molecule has 0 aromatic heterocycles.